The van der Waals surface area contributed by atoms with Crippen LogP contribution in [0.3, 0.4) is 0 Å². The Labute approximate surface area is 174 Å². The predicted molar refractivity (Wildman–Crippen MR) is 107 cm³/mol. The number of pyridine rings is 1. The van der Waals surface area contributed by atoms with E-state index >= 15 is 0 Å². The van der Waals surface area contributed by atoms with Gasteiger partial charge in [-0.15, -0.1) is 0 Å². The number of aromatic amines is 1. The van der Waals surface area contributed by atoms with Gasteiger partial charge in [-0.25, -0.2) is 4.98 Å². The molecule has 0 saturated heterocycles. The second-order valence-electron chi connectivity index (χ2n) is 7.72. The van der Waals surface area contributed by atoms with Crippen LogP contribution < -0.4 is 5.32 Å². The van der Waals surface area contributed by atoms with E-state index in [9.17, 15) is 18.0 Å². The van der Waals surface area contributed by atoms with Crippen molar-refractivity contribution in [1.82, 2.24) is 15.1 Å². The van der Waals surface area contributed by atoms with Gasteiger partial charge < -0.3 is 14.8 Å². The van der Waals surface area contributed by atoms with Crippen molar-refractivity contribution in [2.75, 3.05) is 5.32 Å². The summed E-state index contributed by atoms with van der Waals surface area (Å²) in [5, 5.41) is 7.08. The normalized spacial score (nSPS) is 15.2. The molecule has 5 rings (SSSR count). The molecule has 0 bridgehead atoms. The number of alkyl halides is 3. The zero-order chi connectivity index (χ0) is 21.6. The fourth-order valence-electron chi connectivity index (χ4n) is 3.64. The van der Waals surface area contributed by atoms with Gasteiger partial charge in [-0.1, -0.05) is 29.4 Å². The van der Waals surface area contributed by atoms with Gasteiger partial charge in [-0.3, -0.25) is 4.79 Å². The number of hydrogen-bond donors (Lipinski definition) is 2. The van der Waals surface area contributed by atoms with E-state index in [2.05, 4.69) is 20.4 Å². The fraction of sp³-hybridized carbons (Fsp3) is 0.227. The van der Waals surface area contributed by atoms with Crippen molar-refractivity contribution in [3.8, 4) is 11.1 Å². The molecule has 1 aliphatic rings. The van der Waals surface area contributed by atoms with E-state index in [1.54, 1.807) is 6.20 Å². The summed E-state index contributed by atoms with van der Waals surface area (Å²) in [6, 6.07) is 12.6. The van der Waals surface area contributed by atoms with E-state index in [1.807, 2.05) is 42.6 Å². The number of fused-ring (bicyclic) bond motifs is 1. The lowest BCUT2D eigenvalue weighted by Crippen LogP contribution is -2.28. The van der Waals surface area contributed by atoms with Gasteiger partial charge in [0.1, 0.15) is 11.1 Å². The number of H-pyrrole nitrogens is 1. The molecule has 0 atom stereocenters. The number of benzene rings is 1. The highest BCUT2D eigenvalue weighted by molar-refractivity contribution is 5.91. The van der Waals surface area contributed by atoms with Crippen LogP contribution in [0.5, 0.6) is 0 Å². The first-order valence-electron chi connectivity index (χ1n) is 9.70. The molecule has 6 nitrogen and oxygen atoms in total. The van der Waals surface area contributed by atoms with E-state index in [0.717, 1.165) is 33.8 Å². The molecule has 0 spiro atoms. The standard InChI is InChI=1S/C22H17F3N4O2/c23-22(24,25)21(6-7-21)17-11-18(29-31-17)28-19(30)9-13-1-3-14(4-2-13)16-10-15-5-8-26-20(15)27-12-16/h1-5,8,10-12H,6-7,9H2,(H,26,27)(H,28,29,30). The predicted octanol–water partition coefficient (Wildman–Crippen LogP) is 4.99. The Balaban J connectivity index is 1.24. The van der Waals surface area contributed by atoms with Gasteiger partial charge >= 0.3 is 6.18 Å². The van der Waals surface area contributed by atoms with Gasteiger partial charge in [0, 0.05) is 29.4 Å². The van der Waals surface area contributed by atoms with Gasteiger partial charge in [-0.2, -0.15) is 13.2 Å². The number of aromatic nitrogens is 3. The van der Waals surface area contributed by atoms with Crippen molar-refractivity contribution in [2.45, 2.75) is 30.9 Å². The molecule has 1 aliphatic carbocycles. The number of carbonyl (C=O) groups excluding carboxylic acids is 1. The van der Waals surface area contributed by atoms with E-state index in [-0.39, 0.29) is 36.7 Å². The zero-order valence-corrected chi connectivity index (χ0v) is 16.2. The Morgan fingerprint density at radius 3 is 2.61 bits per heavy atom. The number of nitrogens with one attached hydrogen (secondary N) is 2. The lowest BCUT2D eigenvalue weighted by Gasteiger charge is -2.14. The smallest absolute Gasteiger partial charge is 0.358 e. The van der Waals surface area contributed by atoms with Crippen LogP contribution in [-0.4, -0.2) is 27.2 Å². The van der Waals surface area contributed by atoms with Gasteiger partial charge in [0.05, 0.1) is 6.42 Å². The molecule has 0 radical (unpaired) electrons. The largest absolute Gasteiger partial charge is 0.401 e. The van der Waals surface area contributed by atoms with E-state index in [4.69, 9.17) is 4.52 Å². The molecule has 0 unspecified atom stereocenters. The average molecular weight is 426 g/mol. The summed E-state index contributed by atoms with van der Waals surface area (Å²) >= 11 is 0. The van der Waals surface area contributed by atoms with Crippen LogP contribution in [0.1, 0.15) is 24.2 Å². The molecule has 1 amide bonds. The van der Waals surface area contributed by atoms with Gasteiger partial charge in [-0.05, 0) is 36.1 Å². The SMILES string of the molecule is O=C(Cc1ccc(-c2cnc3[nH]ccc3c2)cc1)Nc1cc(C2(C(F)(F)F)CC2)on1. The lowest BCUT2D eigenvalue weighted by molar-refractivity contribution is -0.165. The molecule has 1 saturated carbocycles. The Hall–Kier alpha value is -3.62. The number of hydrogen-bond acceptors (Lipinski definition) is 4. The quantitative estimate of drug-likeness (QED) is 0.471. The van der Waals surface area contributed by atoms with E-state index < -0.39 is 11.6 Å². The molecule has 31 heavy (non-hydrogen) atoms. The van der Waals surface area contributed by atoms with Crippen molar-refractivity contribution in [2.24, 2.45) is 0 Å². The number of amides is 1. The fourth-order valence-corrected chi connectivity index (χ4v) is 3.64. The number of rotatable bonds is 5. The summed E-state index contributed by atoms with van der Waals surface area (Å²) in [6.07, 6.45) is -0.792. The van der Waals surface area contributed by atoms with Crippen molar-refractivity contribution >= 4 is 22.8 Å². The Bertz CT molecular complexity index is 1250. The summed E-state index contributed by atoms with van der Waals surface area (Å²) in [4.78, 5) is 19.7. The highest BCUT2D eigenvalue weighted by Crippen LogP contribution is 2.59. The minimum atomic E-state index is -4.39. The molecule has 4 aromatic rings. The Kier molecular flexibility index (Phi) is 4.35. The highest BCUT2D eigenvalue weighted by Gasteiger charge is 2.66. The summed E-state index contributed by atoms with van der Waals surface area (Å²) in [6.45, 7) is 0. The van der Waals surface area contributed by atoms with Crippen molar-refractivity contribution in [1.29, 1.82) is 0 Å². The third kappa shape index (κ3) is 3.56. The Morgan fingerprint density at radius 1 is 1.13 bits per heavy atom. The van der Waals surface area contributed by atoms with E-state index in [1.165, 1.54) is 0 Å². The zero-order valence-electron chi connectivity index (χ0n) is 16.2. The van der Waals surface area contributed by atoms with Crippen LogP contribution in [0.4, 0.5) is 19.0 Å². The lowest BCUT2D eigenvalue weighted by atomic mass is 10.0. The number of anilines is 1. The summed E-state index contributed by atoms with van der Waals surface area (Å²) in [7, 11) is 0. The van der Waals surface area contributed by atoms with Gasteiger partial charge in [0.2, 0.25) is 5.91 Å². The van der Waals surface area contributed by atoms with Crippen LogP contribution in [0.25, 0.3) is 22.2 Å². The first-order valence-corrected chi connectivity index (χ1v) is 9.70. The first kappa shape index (κ1) is 19.3. The van der Waals surface area contributed by atoms with E-state index in [0.29, 0.717) is 0 Å². The minimum Gasteiger partial charge on any atom is -0.358 e. The second-order valence-corrected chi connectivity index (χ2v) is 7.72. The maximum absolute atomic E-state index is 13.2. The molecular formula is C22H17F3N4O2. The van der Waals surface area contributed by atoms with Crippen LogP contribution in [-0.2, 0) is 16.6 Å². The Morgan fingerprint density at radius 2 is 1.90 bits per heavy atom. The molecule has 3 aromatic heterocycles. The molecule has 1 aromatic carbocycles. The molecule has 158 valence electrons. The third-order valence-electron chi connectivity index (χ3n) is 5.59. The number of carbonyl (C=O) groups is 1. The molecule has 1 fully saturated rings. The van der Waals surface area contributed by atoms with Crippen molar-refractivity contribution in [3.63, 3.8) is 0 Å². The third-order valence-corrected chi connectivity index (χ3v) is 5.59. The van der Waals surface area contributed by atoms with Crippen molar-refractivity contribution < 1.29 is 22.5 Å². The summed E-state index contributed by atoms with van der Waals surface area (Å²) in [5.41, 5.74) is 1.53. The molecular weight excluding hydrogens is 409 g/mol. The van der Waals surface area contributed by atoms with Gasteiger partial charge in [0.25, 0.3) is 0 Å². The summed E-state index contributed by atoms with van der Waals surface area (Å²) in [5.74, 6) is -0.662. The summed E-state index contributed by atoms with van der Waals surface area (Å²) < 4.78 is 44.4. The first-order chi connectivity index (χ1) is 14.8. The molecule has 2 N–H and O–H groups in total. The average Bonchev–Trinajstić information content (AvgIpc) is 3.22. The molecule has 0 aliphatic heterocycles. The number of halogens is 3. The maximum Gasteiger partial charge on any atom is 0.401 e. The van der Waals surface area contributed by atoms with Crippen LogP contribution >= 0.6 is 0 Å². The van der Waals surface area contributed by atoms with Gasteiger partial charge in [0.15, 0.2) is 11.6 Å². The van der Waals surface area contributed by atoms with Crippen LogP contribution in [0.15, 0.2) is 59.4 Å². The monoisotopic (exact) mass is 426 g/mol. The molecule has 3 heterocycles. The maximum atomic E-state index is 13.2. The van der Waals surface area contributed by atoms with Crippen LogP contribution in [0, 0.1) is 0 Å². The van der Waals surface area contributed by atoms with Crippen molar-refractivity contribution in [3.05, 3.63) is 66.2 Å². The number of nitrogens with zero attached hydrogens (tertiary/aromatic N) is 2. The molecule has 9 heteroatoms. The topological polar surface area (TPSA) is 83.8 Å². The minimum absolute atomic E-state index is 0.0157. The van der Waals surface area contributed by atoms with Crippen LogP contribution in [0.2, 0.25) is 0 Å². The second kappa shape index (κ2) is 6.97. The highest BCUT2D eigenvalue weighted by atomic mass is 19.4.